The molecule has 148 valence electrons. The van der Waals surface area contributed by atoms with Gasteiger partial charge in [-0.25, -0.2) is 9.37 Å². The summed E-state index contributed by atoms with van der Waals surface area (Å²) in [7, 11) is 0. The van der Waals surface area contributed by atoms with E-state index in [0.29, 0.717) is 25.6 Å². The Morgan fingerprint density at radius 1 is 1.21 bits per heavy atom. The molecule has 0 unspecified atom stereocenters. The summed E-state index contributed by atoms with van der Waals surface area (Å²) in [5.41, 5.74) is 0.724. The van der Waals surface area contributed by atoms with E-state index in [1.54, 1.807) is 24.3 Å². The number of likely N-dealkylation sites (tertiary alicyclic amines) is 1. The highest BCUT2D eigenvalue weighted by Gasteiger charge is 2.36. The van der Waals surface area contributed by atoms with Crippen molar-refractivity contribution in [3.05, 3.63) is 47.7 Å². The maximum atomic E-state index is 13.9. The van der Waals surface area contributed by atoms with E-state index >= 15 is 0 Å². The first-order valence-corrected chi connectivity index (χ1v) is 9.78. The predicted molar refractivity (Wildman–Crippen MR) is 100 cm³/mol. The number of amides is 1. The third kappa shape index (κ3) is 3.99. The van der Waals surface area contributed by atoms with E-state index in [1.165, 1.54) is 6.07 Å². The topological polar surface area (TPSA) is 64.5 Å². The van der Waals surface area contributed by atoms with E-state index in [-0.39, 0.29) is 29.5 Å². The summed E-state index contributed by atoms with van der Waals surface area (Å²) in [6.45, 7) is 3.83. The number of carbonyl (C=O) groups excluding carboxylic acids is 1. The summed E-state index contributed by atoms with van der Waals surface area (Å²) in [4.78, 5) is 24.0. The molecule has 1 atom stereocenters. The molecule has 1 aromatic heterocycles. The zero-order valence-corrected chi connectivity index (χ0v) is 15.9. The van der Waals surface area contributed by atoms with Gasteiger partial charge >= 0.3 is 0 Å². The minimum absolute atomic E-state index is 0.00768. The highest BCUT2D eigenvalue weighted by atomic mass is 19.1. The third-order valence-corrected chi connectivity index (χ3v) is 5.30. The molecule has 0 bridgehead atoms. The zero-order valence-electron chi connectivity index (χ0n) is 15.9. The van der Waals surface area contributed by atoms with Crippen LogP contribution in [0.4, 0.5) is 4.39 Å². The van der Waals surface area contributed by atoms with Crippen molar-refractivity contribution >= 4 is 5.91 Å². The monoisotopic (exact) mass is 385 g/mol. The molecule has 0 N–H and O–H groups in total. The fraction of sp³-hybridized carbons (Fsp3) is 0.476. The quantitative estimate of drug-likeness (QED) is 0.801. The Bertz CT molecular complexity index is 855. The maximum absolute atomic E-state index is 13.9. The Morgan fingerprint density at radius 2 is 2.00 bits per heavy atom. The Morgan fingerprint density at radius 3 is 2.79 bits per heavy atom. The summed E-state index contributed by atoms with van der Waals surface area (Å²) in [5, 5.41) is 0. The van der Waals surface area contributed by atoms with Crippen LogP contribution in [0.1, 0.15) is 43.2 Å². The van der Waals surface area contributed by atoms with Gasteiger partial charge < -0.3 is 14.4 Å². The van der Waals surface area contributed by atoms with Gasteiger partial charge in [-0.1, -0.05) is 12.1 Å². The molecule has 6 nitrogen and oxygen atoms in total. The molecule has 1 aromatic carbocycles. The number of aryl methyl sites for hydroxylation is 1. The number of aromatic nitrogens is 2. The number of ether oxygens (including phenoxy) is 2. The normalized spacial score (nSPS) is 20.4. The fourth-order valence-electron chi connectivity index (χ4n) is 3.88. The van der Waals surface area contributed by atoms with Crippen LogP contribution in [0.15, 0.2) is 30.3 Å². The van der Waals surface area contributed by atoms with Crippen LogP contribution in [-0.4, -0.2) is 40.5 Å². The van der Waals surface area contributed by atoms with Crippen molar-refractivity contribution in [2.45, 2.75) is 38.6 Å². The Balaban J connectivity index is 1.56. The van der Waals surface area contributed by atoms with Crippen LogP contribution >= 0.6 is 0 Å². The maximum Gasteiger partial charge on any atom is 0.226 e. The Kier molecular flexibility index (Phi) is 5.52. The lowest BCUT2D eigenvalue weighted by atomic mass is 9.98. The van der Waals surface area contributed by atoms with Crippen LogP contribution in [0, 0.1) is 18.7 Å². The molecule has 0 spiro atoms. The van der Waals surface area contributed by atoms with E-state index < -0.39 is 5.82 Å². The van der Waals surface area contributed by atoms with E-state index in [1.807, 2.05) is 11.8 Å². The summed E-state index contributed by atoms with van der Waals surface area (Å²) in [6, 6.07) is 7.72. The van der Waals surface area contributed by atoms with Crippen molar-refractivity contribution in [1.82, 2.24) is 14.9 Å². The molecule has 2 aliphatic heterocycles. The highest BCUT2D eigenvalue weighted by molar-refractivity contribution is 5.79. The van der Waals surface area contributed by atoms with Gasteiger partial charge in [0.25, 0.3) is 0 Å². The number of halogens is 1. The first kappa shape index (κ1) is 18.8. The molecule has 0 radical (unpaired) electrons. The predicted octanol–water partition coefficient (Wildman–Crippen LogP) is 3.81. The Labute approximate surface area is 163 Å². The average molecular weight is 385 g/mol. The van der Waals surface area contributed by atoms with Gasteiger partial charge in [0.05, 0.1) is 6.04 Å². The molecule has 2 saturated heterocycles. The van der Waals surface area contributed by atoms with Crippen LogP contribution < -0.4 is 4.74 Å². The van der Waals surface area contributed by atoms with Gasteiger partial charge in [0.15, 0.2) is 17.4 Å². The lowest BCUT2D eigenvalue weighted by molar-refractivity contribution is -0.139. The van der Waals surface area contributed by atoms with Crippen molar-refractivity contribution < 1.29 is 18.7 Å². The first-order valence-electron chi connectivity index (χ1n) is 9.78. The van der Waals surface area contributed by atoms with Gasteiger partial charge in [-0.3, -0.25) is 4.79 Å². The molecular formula is C21H24FN3O3. The minimum atomic E-state index is -0.447. The van der Waals surface area contributed by atoms with Crippen LogP contribution in [0.3, 0.4) is 0 Å². The van der Waals surface area contributed by atoms with E-state index in [2.05, 4.69) is 9.97 Å². The van der Waals surface area contributed by atoms with E-state index in [0.717, 1.165) is 31.4 Å². The SMILES string of the molecule is Cc1cc(Oc2ccccc2F)nc([C@@H]2CCCN2C(=O)C2CCOCC2)n1. The number of benzene rings is 1. The van der Waals surface area contributed by atoms with Gasteiger partial charge in [-0.15, -0.1) is 0 Å². The van der Waals surface area contributed by atoms with Gasteiger partial charge in [-0.2, -0.15) is 4.98 Å². The van der Waals surface area contributed by atoms with Crippen LogP contribution in [0.2, 0.25) is 0 Å². The van der Waals surface area contributed by atoms with Crippen LogP contribution in [0.5, 0.6) is 11.6 Å². The second-order valence-electron chi connectivity index (χ2n) is 7.31. The van der Waals surface area contributed by atoms with Gasteiger partial charge in [-0.05, 0) is 44.7 Å². The van der Waals surface area contributed by atoms with Crippen molar-refractivity contribution in [2.75, 3.05) is 19.8 Å². The van der Waals surface area contributed by atoms with E-state index in [4.69, 9.17) is 9.47 Å². The largest absolute Gasteiger partial charge is 0.436 e. The Hall–Kier alpha value is -2.54. The molecule has 3 heterocycles. The molecule has 2 aliphatic rings. The lowest BCUT2D eigenvalue weighted by Gasteiger charge is -2.30. The number of hydrogen-bond donors (Lipinski definition) is 0. The summed E-state index contributed by atoms with van der Waals surface area (Å²) >= 11 is 0. The number of para-hydroxylation sites is 1. The van der Waals surface area contributed by atoms with Gasteiger partial charge in [0, 0.05) is 37.4 Å². The number of nitrogens with zero attached hydrogens (tertiary/aromatic N) is 3. The molecule has 7 heteroatoms. The van der Waals surface area contributed by atoms with Crippen molar-refractivity contribution in [2.24, 2.45) is 5.92 Å². The fourth-order valence-corrected chi connectivity index (χ4v) is 3.88. The van der Waals surface area contributed by atoms with Gasteiger partial charge in [0.1, 0.15) is 0 Å². The zero-order chi connectivity index (χ0) is 19.5. The average Bonchev–Trinajstić information content (AvgIpc) is 3.19. The van der Waals surface area contributed by atoms with E-state index in [9.17, 15) is 9.18 Å². The van der Waals surface area contributed by atoms with Crippen LogP contribution in [0.25, 0.3) is 0 Å². The molecule has 1 amide bonds. The molecule has 0 saturated carbocycles. The molecule has 28 heavy (non-hydrogen) atoms. The van der Waals surface area contributed by atoms with Gasteiger partial charge in [0.2, 0.25) is 11.8 Å². The smallest absolute Gasteiger partial charge is 0.226 e. The number of hydrogen-bond acceptors (Lipinski definition) is 5. The number of carbonyl (C=O) groups is 1. The van der Waals surface area contributed by atoms with Crippen LogP contribution in [-0.2, 0) is 9.53 Å². The minimum Gasteiger partial charge on any atom is -0.436 e. The highest BCUT2D eigenvalue weighted by Crippen LogP contribution is 2.34. The number of rotatable bonds is 4. The molecule has 0 aliphatic carbocycles. The molecule has 4 rings (SSSR count). The van der Waals surface area contributed by atoms with Crippen molar-refractivity contribution in [3.8, 4) is 11.6 Å². The van der Waals surface area contributed by atoms with Crippen molar-refractivity contribution in [3.63, 3.8) is 0 Å². The second-order valence-corrected chi connectivity index (χ2v) is 7.31. The second kappa shape index (κ2) is 8.22. The molecular weight excluding hydrogens is 361 g/mol. The summed E-state index contributed by atoms with van der Waals surface area (Å²) in [6.07, 6.45) is 3.26. The molecule has 2 aromatic rings. The van der Waals surface area contributed by atoms with Crippen molar-refractivity contribution in [1.29, 1.82) is 0 Å². The standard InChI is InChI=1S/C21H24FN3O3/c1-14-13-19(28-18-7-3-2-5-16(18)22)24-20(23-14)17-6-4-10-25(17)21(26)15-8-11-27-12-9-15/h2-3,5,7,13,15,17H,4,6,8-12H2,1H3/t17-/m0/s1. The summed E-state index contributed by atoms with van der Waals surface area (Å²) < 4.78 is 25.0. The third-order valence-electron chi connectivity index (χ3n) is 5.30. The lowest BCUT2D eigenvalue weighted by Crippen LogP contribution is -2.38. The first-order chi connectivity index (χ1) is 13.6. The molecule has 2 fully saturated rings. The summed E-state index contributed by atoms with van der Waals surface area (Å²) in [5.74, 6) is 0.689.